The molecule has 0 radical (unpaired) electrons. The standard InChI is InChI=1S/C16H20ClNO/c1-4-8-18-16(14-7-9-19-12(14)3)13-6-5-11(2)15(17)10-13/h5-7,9-10,16,18H,4,8H2,1-3H3. The van der Waals surface area contributed by atoms with Crippen LogP contribution in [0.3, 0.4) is 0 Å². The summed E-state index contributed by atoms with van der Waals surface area (Å²) in [4.78, 5) is 0. The van der Waals surface area contributed by atoms with Gasteiger partial charge < -0.3 is 9.73 Å². The molecule has 2 nitrogen and oxygen atoms in total. The molecule has 102 valence electrons. The summed E-state index contributed by atoms with van der Waals surface area (Å²) in [5, 5.41) is 4.36. The molecule has 0 aliphatic rings. The van der Waals surface area contributed by atoms with Crippen molar-refractivity contribution in [2.75, 3.05) is 6.54 Å². The lowest BCUT2D eigenvalue weighted by atomic mass is 9.98. The third-order valence-electron chi connectivity index (χ3n) is 3.34. The van der Waals surface area contributed by atoms with Gasteiger partial charge in [0.1, 0.15) is 5.76 Å². The summed E-state index contributed by atoms with van der Waals surface area (Å²) in [5.41, 5.74) is 3.45. The molecule has 0 aliphatic heterocycles. The third kappa shape index (κ3) is 3.20. The Morgan fingerprint density at radius 3 is 2.63 bits per heavy atom. The molecule has 1 aromatic heterocycles. The summed E-state index contributed by atoms with van der Waals surface area (Å²) in [5.74, 6) is 0.949. The monoisotopic (exact) mass is 277 g/mol. The van der Waals surface area contributed by atoms with Gasteiger partial charge in [0.05, 0.1) is 12.3 Å². The van der Waals surface area contributed by atoms with E-state index >= 15 is 0 Å². The van der Waals surface area contributed by atoms with Gasteiger partial charge in [0.15, 0.2) is 0 Å². The van der Waals surface area contributed by atoms with E-state index in [9.17, 15) is 0 Å². The maximum Gasteiger partial charge on any atom is 0.105 e. The van der Waals surface area contributed by atoms with E-state index in [4.69, 9.17) is 16.0 Å². The molecule has 0 amide bonds. The topological polar surface area (TPSA) is 25.2 Å². The maximum absolute atomic E-state index is 6.24. The van der Waals surface area contributed by atoms with E-state index in [1.165, 1.54) is 11.1 Å². The number of rotatable bonds is 5. The minimum Gasteiger partial charge on any atom is -0.469 e. The second-order valence-electron chi connectivity index (χ2n) is 4.83. The van der Waals surface area contributed by atoms with Crippen molar-refractivity contribution >= 4 is 11.6 Å². The molecule has 1 aromatic carbocycles. The van der Waals surface area contributed by atoms with Crippen molar-refractivity contribution in [1.29, 1.82) is 0 Å². The molecule has 1 heterocycles. The number of benzene rings is 1. The molecule has 0 saturated heterocycles. The van der Waals surface area contributed by atoms with Crippen LogP contribution < -0.4 is 5.32 Å². The van der Waals surface area contributed by atoms with Gasteiger partial charge >= 0.3 is 0 Å². The van der Waals surface area contributed by atoms with Crippen LogP contribution in [0.4, 0.5) is 0 Å². The zero-order valence-electron chi connectivity index (χ0n) is 11.7. The van der Waals surface area contributed by atoms with Gasteiger partial charge in [-0.2, -0.15) is 0 Å². The summed E-state index contributed by atoms with van der Waals surface area (Å²) in [6, 6.07) is 8.39. The van der Waals surface area contributed by atoms with Gasteiger partial charge in [-0.05, 0) is 50.1 Å². The summed E-state index contributed by atoms with van der Waals surface area (Å²) in [6.45, 7) is 7.13. The average molecular weight is 278 g/mol. The van der Waals surface area contributed by atoms with E-state index in [1.54, 1.807) is 6.26 Å². The van der Waals surface area contributed by atoms with Crippen molar-refractivity contribution in [2.24, 2.45) is 0 Å². The van der Waals surface area contributed by atoms with Crippen LogP contribution in [0.2, 0.25) is 5.02 Å². The number of hydrogen-bond donors (Lipinski definition) is 1. The molecule has 0 spiro atoms. The number of halogens is 1. The molecule has 0 saturated carbocycles. The van der Waals surface area contributed by atoms with Crippen LogP contribution in [-0.2, 0) is 0 Å². The number of hydrogen-bond acceptors (Lipinski definition) is 2. The van der Waals surface area contributed by atoms with Gasteiger partial charge in [0, 0.05) is 10.6 Å². The molecule has 0 bridgehead atoms. The first-order chi connectivity index (χ1) is 9.13. The summed E-state index contributed by atoms with van der Waals surface area (Å²) < 4.78 is 5.43. The Kier molecular flexibility index (Phi) is 4.67. The fraction of sp³-hybridized carbons (Fsp3) is 0.375. The Bertz CT molecular complexity index is 547. The maximum atomic E-state index is 6.24. The van der Waals surface area contributed by atoms with Crippen molar-refractivity contribution in [3.05, 3.63) is 58.0 Å². The molecule has 0 aliphatic carbocycles. The first kappa shape index (κ1) is 14.2. The molecule has 1 unspecified atom stereocenters. The van der Waals surface area contributed by atoms with Gasteiger partial charge in [-0.25, -0.2) is 0 Å². The van der Waals surface area contributed by atoms with Crippen LogP contribution in [0.5, 0.6) is 0 Å². The van der Waals surface area contributed by atoms with Crippen molar-refractivity contribution < 1.29 is 4.42 Å². The normalized spacial score (nSPS) is 12.6. The lowest BCUT2D eigenvalue weighted by molar-refractivity contribution is 0.517. The molecule has 0 fully saturated rings. The van der Waals surface area contributed by atoms with E-state index in [1.807, 2.05) is 26.0 Å². The predicted octanol–water partition coefficient (Wildman–Crippen LogP) is 4.64. The number of nitrogens with one attached hydrogen (secondary N) is 1. The molecule has 2 rings (SSSR count). The van der Waals surface area contributed by atoms with Crippen LogP contribution in [0.25, 0.3) is 0 Å². The van der Waals surface area contributed by atoms with Gasteiger partial charge in [-0.3, -0.25) is 0 Å². The highest BCUT2D eigenvalue weighted by molar-refractivity contribution is 6.31. The summed E-state index contributed by atoms with van der Waals surface area (Å²) in [7, 11) is 0. The van der Waals surface area contributed by atoms with E-state index in [0.29, 0.717) is 0 Å². The average Bonchev–Trinajstić information content (AvgIpc) is 2.80. The molecule has 1 N–H and O–H groups in total. The Balaban J connectivity index is 2.37. The molecule has 2 aromatic rings. The second kappa shape index (κ2) is 6.27. The summed E-state index contributed by atoms with van der Waals surface area (Å²) in [6.07, 6.45) is 2.83. The smallest absolute Gasteiger partial charge is 0.105 e. The third-order valence-corrected chi connectivity index (χ3v) is 3.74. The minimum absolute atomic E-state index is 0.136. The first-order valence-corrected chi connectivity index (χ1v) is 7.04. The Labute approximate surface area is 119 Å². The Morgan fingerprint density at radius 2 is 2.05 bits per heavy atom. The predicted molar refractivity (Wildman–Crippen MR) is 79.8 cm³/mol. The van der Waals surface area contributed by atoms with E-state index in [-0.39, 0.29) is 6.04 Å². The Morgan fingerprint density at radius 1 is 1.26 bits per heavy atom. The number of aryl methyl sites for hydroxylation is 2. The zero-order valence-corrected chi connectivity index (χ0v) is 12.4. The van der Waals surface area contributed by atoms with Crippen molar-refractivity contribution in [3.63, 3.8) is 0 Å². The molecular weight excluding hydrogens is 258 g/mol. The second-order valence-corrected chi connectivity index (χ2v) is 5.24. The van der Waals surface area contributed by atoms with Crippen molar-refractivity contribution in [1.82, 2.24) is 5.32 Å². The highest BCUT2D eigenvalue weighted by Gasteiger charge is 2.17. The SMILES string of the molecule is CCCNC(c1ccc(C)c(Cl)c1)c1ccoc1C. The first-order valence-electron chi connectivity index (χ1n) is 6.67. The molecular formula is C16H20ClNO. The molecule has 3 heteroatoms. The minimum atomic E-state index is 0.136. The van der Waals surface area contributed by atoms with Gasteiger partial charge in [0.2, 0.25) is 0 Å². The van der Waals surface area contributed by atoms with E-state index in [0.717, 1.165) is 29.3 Å². The molecule has 1 atom stereocenters. The van der Waals surface area contributed by atoms with Crippen LogP contribution >= 0.6 is 11.6 Å². The van der Waals surface area contributed by atoms with Crippen LogP contribution in [0, 0.1) is 13.8 Å². The van der Waals surface area contributed by atoms with E-state index in [2.05, 4.69) is 24.4 Å². The van der Waals surface area contributed by atoms with Crippen molar-refractivity contribution in [3.8, 4) is 0 Å². The highest BCUT2D eigenvalue weighted by Crippen LogP contribution is 2.28. The highest BCUT2D eigenvalue weighted by atomic mass is 35.5. The fourth-order valence-corrected chi connectivity index (χ4v) is 2.37. The summed E-state index contributed by atoms with van der Waals surface area (Å²) >= 11 is 6.24. The Hall–Kier alpha value is -1.25. The van der Waals surface area contributed by atoms with Gasteiger partial charge in [-0.15, -0.1) is 0 Å². The quantitative estimate of drug-likeness (QED) is 0.861. The lowest BCUT2D eigenvalue weighted by Gasteiger charge is -2.19. The zero-order chi connectivity index (χ0) is 13.8. The molecule has 19 heavy (non-hydrogen) atoms. The van der Waals surface area contributed by atoms with Crippen LogP contribution in [0.15, 0.2) is 34.9 Å². The van der Waals surface area contributed by atoms with Gasteiger partial charge in [0.25, 0.3) is 0 Å². The van der Waals surface area contributed by atoms with Crippen LogP contribution in [0.1, 0.15) is 41.8 Å². The number of furan rings is 1. The fourth-order valence-electron chi connectivity index (χ4n) is 2.18. The van der Waals surface area contributed by atoms with E-state index < -0.39 is 0 Å². The lowest BCUT2D eigenvalue weighted by Crippen LogP contribution is -2.23. The van der Waals surface area contributed by atoms with Crippen molar-refractivity contribution in [2.45, 2.75) is 33.2 Å². The largest absolute Gasteiger partial charge is 0.469 e. The van der Waals surface area contributed by atoms with Crippen LogP contribution in [-0.4, -0.2) is 6.54 Å². The van der Waals surface area contributed by atoms with Gasteiger partial charge in [-0.1, -0.05) is 30.7 Å².